The third-order valence-corrected chi connectivity index (χ3v) is 8.42. The monoisotopic (exact) mass is 605 g/mol. The molecule has 2 N–H and O–H groups in total. The first-order valence-electron chi connectivity index (χ1n) is 12.6. The molecule has 5 nitrogen and oxygen atoms in total. The van der Waals surface area contributed by atoms with E-state index < -0.39 is 0 Å². The summed E-state index contributed by atoms with van der Waals surface area (Å²) < 4.78 is 5.80. The number of carbonyl (C=O) groups excluding carboxylic acids is 1. The van der Waals surface area contributed by atoms with Gasteiger partial charge in [-0.25, -0.2) is 0 Å². The average molecular weight is 607 g/mol. The fraction of sp³-hybridized carbons (Fsp3) is 0.300. The van der Waals surface area contributed by atoms with Crippen molar-refractivity contribution < 1.29 is 9.53 Å². The minimum Gasteiger partial charge on any atom is -0.461 e. The maximum Gasteiger partial charge on any atom is 0.310 e. The molecule has 3 aromatic carbocycles. The molecule has 0 amide bonds. The zero-order valence-corrected chi connectivity index (χ0v) is 24.7. The smallest absolute Gasteiger partial charge is 0.310 e. The van der Waals surface area contributed by atoms with Crippen molar-refractivity contribution in [1.82, 2.24) is 9.80 Å². The molecule has 1 fully saturated rings. The SMILES string of the molecule is C=C(Cc1ccc(Cl)c(Cl)c1)N(C)C(CN1CCC(OC(=O)Cc2ccc(Cl)c(Cl)c2)C1)c1cccc(N)c1. The zero-order chi connectivity index (χ0) is 28.1. The second-order valence-corrected chi connectivity index (χ2v) is 11.5. The van der Waals surface area contributed by atoms with Gasteiger partial charge in [0, 0.05) is 44.5 Å². The Bertz CT molecular complexity index is 1350. The maximum atomic E-state index is 12.6. The van der Waals surface area contributed by atoms with Crippen molar-refractivity contribution in [2.75, 3.05) is 32.4 Å². The van der Waals surface area contributed by atoms with Crippen LogP contribution in [-0.2, 0) is 22.4 Å². The molecule has 2 unspecified atom stereocenters. The van der Waals surface area contributed by atoms with Crippen LogP contribution in [0.25, 0.3) is 0 Å². The van der Waals surface area contributed by atoms with E-state index >= 15 is 0 Å². The number of carbonyl (C=O) groups is 1. The Balaban J connectivity index is 1.40. The van der Waals surface area contributed by atoms with Crippen LogP contribution in [0, 0.1) is 0 Å². The Kier molecular flexibility index (Phi) is 10.1. The van der Waals surface area contributed by atoms with E-state index in [2.05, 4.69) is 22.4 Å². The molecule has 1 aliphatic heterocycles. The van der Waals surface area contributed by atoms with Gasteiger partial charge in [-0.1, -0.05) is 77.2 Å². The summed E-state index contributed by atoms with van der Waals surface area (Å²) in [7, 11) is 2.04. The van der Waals surface area contributed by atoms with Crippen LogP contribution in [0.4, 0.5) is 5.69 Å². The van der Waals surface area contributed by atoms with E-state index in [0.29, 0.717) is 38.7 Å². The molecule has 2 atom stereocenters. The second-order valence-electron chi connectivity index (χ2n) is 9.87. The number of esters is 1. The van der Waals surface area contributed by atoms with Gasteiger partial charge in [0.25, 0.3) is 0 Å². The number of allylic oxidation sites excluding steroid dienone is 1. The van der Waals surface area contributed by atoms with E-state index in [1.807, 2.05) is 37.4 Å². The Labute approximate surface area is 250 Å². The number of rotatable bonds is 10. The van der Waals surface area contributed by atoms with E-state index in [-0.39, 0.29) is 24.5 Å². The van der Waals surface area contributed by atoms with Gasteiger partial charge in [-0.15, -0.1) is 0 Å². The molecule has 0 saturated carbocycles. The third kappa shape index (κ3) is 8.06. The van der Waals surface area contributed by atoms with Crippen LogP contribution in [0.3, 0.4) is 0 Å². The summed E-state index contributed by atoms with van der Waals surface area (Å²) in [6.07, 6.45) is 1.37. The normalized spacial score (nSPS) is 16.2. The summed E-state index contributed by atoms with van der Waals surface area (Å²) >= 11 is 24.4. The first kappa shape index (κ1) is 29.6. The van der Waals surface area contributed by atoms with Crippen LogP contribution in [0.15, 0.2) is 72.9 Å². The summed E-state index contributed by atoms with van der Waals surface area (Å²) in [5, 5.41) is 1.93. The Hall–Kier alpha value is -2.41. The Morgan fingerprint density at radius 3 is 2.26 bits per heavy atom. The topological polar surface area (TPSA) is 58.8 Å². The molecule has 9 heteroatoms. The fourth-order valence-corrected chi connectivity index (χ4v) is 5.44. The first-order chi connectivity index (χ1) is 18.6. The van der Waals surface area contributed by atoms with E-state index in [0.717, 1.165) is 41.9 Å². The summed E-state index contributed by atoms with van der Waals surface area (Å²) in [6.45, 7) is 6.56. The lowest BCUT2D eigenvalue weighted by Crippen LogP contribution is -2.36. The van der Waals surface area contributed by atoms with Crippen molar-refractivity contribution >= 4 is 58.1 Å². The lowest BCUT2D eigenvalue weighted by Gasteiger charge is -2.35. The van der Waals surface area contributed by atoms with Gasteiger partial charge in [0.15, 0.2) is 0 Å². The standard InChI is InChI=1S/C30H31Cl4N3O2/c1-19(12-20-6-8-25(31)27(33)13-20)36(2)29(22-4-3-5-23(35)16-22)18-37-11-10-24(17-37)39-30(38)15-21-7-9-26(32)28(34)14-21/h3-9,13-14,16,24,29H,1,10-12,15,17-18,35H2,2H3. The highest BCUT2D eigenvalue weighted by molar-refractivity contribution is 6.42. The van der Waals surface area contributed by atoms with Gasteiger partial charge < -0.3 is 15.4 Å². The van der Waals surface area contributed by atoms with Gasteiger partial charge in [0.1, 0.15) is 6.10 Å². The number of nitrogens with two attached hydrogens (primary N) is 1. The molecule has 1 heterocycles. The van der Waals surface area contributed by atoms with E-state index in [9.17, 15) is 4.79 Å². The summed E-state index contributed by atoms with van der Waals surface area (Å²) in [5.74, 6) is -0.278. The first-order valence-corrected chi connectivity index (χ1v) is 14.2. The molecule has 0 radical (unpaired) electrons. The van der Waals surface area contributed by atoms with Gasteiger partial charge in [0.05, 0.1) is 32.6 Å². The number of benzene rings is 3. The lowest BCUT2D eigenvalue weighted by molar-refractivity contribution is -0.147. The van der Waals surface area contributed by atoms with Crippen molar-refractivity contribution in [3.63, 3.8) is 0 Å². The predicted octanol–water partition coefficient (Wildman–Crippen LogP) is 7.47. The average Bonchev–Trinajstić information content (AvgIpc) is 3.33. The minimum absolute atomic E-state index is 0.00515. The number of hydrogen-bond donors (Lipinski definition) is 1. The second kappa shape index (κ2) is 13.3. The van der Waals surface area contributed by atoms with Crippen LogP contribution in [0.2, 0.25) is 20.1 Å². The van der Waals surface area contributed by atoms with Crippen molar-refractivity contribution in [3.05, 3.63) is 110 Å². The summed E-state index contributed by atoms with van der Waals surface area (Å²) in [5.41, 5.74) is 10.7. The van der Waals surface area contributed by atoms with Crippen molar-refractivity contribution in [2.45, 2.75) is 31.4 Å². The zero-order valence-electron chi connectivity index (χ0n) is 21.7. The molecule has 0 aliphatic carbocycles. The molecular weight excluding hydrogens is 576 g/mol. The molecule has 3 aromatic rings. The minimum atomic E-state index is -0.278. The van der Waals surface area contributed by atoms with Crippen LogP contribution in [-0.4, -0.2) is 48.6 Å². The van der Waals surface area contributed by atoms with Crippen LogP contribution < -0.4 is 5.73 Å². The fourth-order valence-electron chi connectivity index (χ4n) is 4.80. The Morgan fingerprint density at radius 1 is 1.00 bits per heavy atom. The van der Waals surface area contributed by atoms with E-state index in [4.69, 9.17) is 56.9 Å². The van der Waals surface area contributed by atoms with Crippen molar-refractivity contribution in [1.29, 1.82) is 0 Å². The Morgan fingerprint density at radius 2 is 1.64 bits per heavy atom. The van der Waals surface area contributed by atoms with Crippen molar-refractivity contribution in [3.8, 4) is 0 Å². The number of anilines is 1. The number of ether oxygens (including phenoxy) is 1. The number of likely N-dealkylation sites (tertiary alicyclic amines) is 1. The highest BCUT2D eigenvalue weighted by Gasteiger charge is 2.30. The van der Waals surface area contributed by atoms with Crippen LogP contribution in [0.5, 0.6) is 0 Å². The summed E-state index contributed by atoms with van der Waals surface area (Å²) in [4.78, 5) is 17.1. The predicted molar refractivity (Wildman–Crippen MR) is 162 cm³/mol. The van der Waals surface area contributed by atoms with E-state index in [1.54, 1.807) is 24.3 Å². The number of nitrogen functional groups attached to an aromatic ring is 1. The summed E-state index contributed by atoms with van der Waals surface area (Å²) in [6, 6.07) is 18.7. The molecule has 4 rings (SSSR count). The largest absolute Gasteiger partial charge is 0.461 e. The van der Waals surface area contributed by atoms with Crippen LogP contribution in [0.1, 0.15) is 29.2 Å². The highest BCUT2D eigenvalue weighted by atomic mass is 35.5. The van der Waals surface area contributed by atoms with Gasteiger partial charge in [0.2, 0.25) is 0 Å². The lowest BCUT2D eigenvalue weighted by atomic mass is 10.0. The van der Waals surface area contributed by atoms with Gasteiger partial charge >= 0.3 is 5.97 Å². The molecule has 1 saturated heterocycles. The quantitative estimate of drug-likeness (QED) is 0.192. The van der Waals surface area contributed by atoms with Crippen molar-refractivity contribution in [2.24, 2.45) is 0 Å². The van der Waals surface area contributed by atoms with Gasteiger partial charge in [-0.05, 0) is 59.5 Å². The number of halogens is 4. The highest BCUT2D eigenvalue weighted by Crippen LogP contribution is 2.30. The number of nitrogens with zero attached hydrogens (tertiary/aromatic N) is 2. The van der Waals surface area contributed by atoms with Gasteiger partial charge in [-0.3, -0.25) is 9.69 Å². The molecule has 39 heavy (non-hydrogen) atoms. The van der Waals surface area contributed by atoms with E-state index in [1.165, 1.54) is 0 Å². The molecule has 206 valence electrons. The molecular formula is C30H31Cl4N3O2. The molecule has 1 aliphatic rings. The number of hydrogen-bond acceptors (Lipinski definition) is 5. The molecule has 0 spiro atoms. The van der Waals surface area contributed by atoms with Gasteiger partial charge in [-0.2, -0.15) is 0 Å². The molecule has 0 aromatic heterocycles. The molecule has 0 bridgehead atoms. The third-order valence-electron chi connectivity index (χ3n) is 6.94. The maximum absolute atomic E-state index is 12.6. The number of likely N-dealkylation sites (N-methyl/N-ethyl adjacent to an activating group) is 1. The van der Waals surface area contributed by atoms with Crippen LogP contribution >= 0.6 is 46.4 Å².